The fourth-order valence-electron chi connectivity index (χ4n) is 5.00. The minimum Gasteiger partial charge on any atom is -0.480 e. The highest BCUT2D eigenvalue weighted by atomic mass is 16.5. The Morgan fingerprint density at radius 1 is 0.646 bits per heavy atom. The zero-order valence-corrected chi connectivity index (χ0v) is 30.0. The van der Waals surface area contributed by atoms with Crippen molar-refractivity contribution in [2.24, 2.45) is 0 Å². The number of aliphatic carboxylic acids is 1. The Hall–Kier alpha value is -3.20. The molecular weight excluding hydrogens is 608 g/mol. The molecular formula is C39H66N2O7. The Morgan fingerprint density at radius 2 is 1.19 bits per heavy atom. The first-order valence-corrected chi connectivity index (χ1v) is 18.5. The van der Waals surface area contributed by atoms with Gasteiger partial charge in [-0.2, -0.15) is 0 Å². The molecule has 9 heteroatoms. The van der Waals surface area contributed by atoms with Gasteiger partial charge in [0, 0.05) is 12.8 Å². The lowest BCUT2D eigenvalue weighted by Crippen LogP contribution is -2.47. The maximum Gasteiger partial charge on any atom is 0.328 e. The number of hydrogen-bond donors (Lipinski definition) is 4. The monoisotopic (exact) mass is 674 g/mol. The Bertz CT molecular complexity index is 958. The van der Waals surface area contributed by atoms with E-state index < -0.39 is 24.5 Å². The fourth-order valence-corrected chi connectivity index (χ4v) is 5.00. The molecule has 0 aliphatic carbocycles. The van der Waals surface area contributed by atoms with Gasteiger partial charge in [0.05, 0.1) is 13.2 Å². The smallest absolute Gasteiger partial charge is 0.328 e. The molecule has 0 spiro atoms. The summed E-state index contributed by atoms with van der Waals surface area (Å²) in [6, 6.07) is -1.39. The maximum atomic E-state index is 12.6. The number of carboxylic acid groups (broad SMARTS) is 1. The number of carboxylic acids is 1. The molecule has 0 rings (SSSR count). The summed E-state index contributed by atoms with van der Waals surface area (Å²) >= 11 is 0. The van der Waals surface area contributed by atoms with Crippen LogP contribution in [0, 0.1) is 0 Å². The van der Waals surface area contributed by atoms with Gasteiger partial charge in [-0.1, -0.05) is 107 Å². The Labute approximate surface area is 290 Å². The van der Waals surface area contributed by atoms with Crippen molar-refractivity contribution in [3.8, 4) is 0 Å². The second-order valence-corrected chi connectivity index (χ2v) is 12.3. The van der Waals surface area contributed by atoms with Gasteiger partial charge in [-0.05, 0) is 77.0 Å². The van der Waals surface area contributed by atoms with Gasteiger partial charge in [0.15, 0.2) is 0 Å². The molecule has 0 saturated heterocycles. The lowest BCUT2D eigenvalue weighted by atomic mass is 10.0. The fraction of sp³-hybridized carbons (Fsp3) is 0.692. The maximum absolute atomic E-state index is 12.6. The van der Waals surface area contributed by atoms with Crippen LogP contribution in [0.1, 0.15) is 149 Å². The Kier molecular flexibility index (Phi) is 31.4. The summed E-state index contributed by atoms with van der Waals surface area (Å²) in [5.41, 5.74) is 0. The summed E-state index contributed by atoms with van der Waals surface area (Å²) < 4.78 is 5.89. The van der Waals surface area contributed by atoms with Gasteiger partial charge in [0.25, 0.3) is 0 Å². The molecule has 0 aliphatic rings. The van der Waals surface area contributed by atoms with E-state index in [4.69, 9.17) is 14.9 Å². The van der Waals surface area contributed by atoms with E-state index in [9.17, 15) is 19.2 Å². The molecule has 0 aromatic carbocycles. The Morgan fingerprint density at radius 3 is 1.77 bits per heavy atom. The normalized spacial score (nSPS) is 13.1. The van der Waals surface area contributed by atoms with Crippen LogP contribution in [-0.2, 0) is 23.9 Å². The number of nitrogens with one attached hydrogen (secondary N) is 2. The third-order valence-corrected chi connectivity index (χ3v) is 7.84. The molecule has 0 heterocycles. The number of aliphatic hydroxyl groups excluding tert-OH is 1. The average Bonchev–Trinajstić information content (AvgIpc) is 3.07. The molecule has 0 fully saturated rings. The van der Waals surface area contributed by atoms with E-state index in [1.54, 1.807) is 0 Å². The van der Waals surface area contributed by atoms with Gasteiger partial charge in [0.1, 0.15) is 12.1 Å². The van der Waals surface area contributed by atoms with Crippen LogP contribution in [-0.4, -0.2) is 59.3 Å². The molecule has 0 aromatic heterocycles. The van der Waals surface area contributed by atoms with Crippen LogP contribution in [0.15, 0.2) is 48.6 Å². The molecule has 0 aliphatic heterocycles. The summed E-state index contributed by atoms with van der Waals surface area (Å²) in [5.74, 6) is -2.38. The largest absolute Gasteiger partial charge is 0.480 e. The number of carbonyl (C=O) groups excluding carboxylic acids is 3. The highest BCUT2D eigenvalue weighted by Crippen LogP contribution is 2.17. The molecule has 0 saturated carbocycles. The minimum atomic E-state index is -1.39. The summed E-state index contributed by atoms with van der Waals surface area (Å²) in [7, 11) is 0. The molecule has 0 aromatic rings. The minimum absolute atomic E-state index is 0.0529. The van der Waals surface area contributed by atoms with Gasteiger partial charge >= 0.3 is 11.9 Å². The van der Waals surface area contributed by atoms with Crippen LogP contribution in [0.25, 0.3) is 0 Å². The topological polar surface area (TPSA) is 142 Å². The Balaban J connectivity index is 4.10. The quantitative estimate of drug-likeness (QED) is 0.0321. The predicted molar refractivity (Wildman–Crippen MR) is 194 cm³/mol. The molecule has 9 nitrogen and oxygen atoms in total. The van der Waals surface area contributed by atoms with E-state index in [1.165, 1.54) is 6.42 Å². The number of hydrogen-bond acceptors (Lipinski definition) is 6. The zero-order valence-electron chi connectivity index (χ0n) is 30.0. The predicted octanol–water partition coefficient (Wildman–Crippen LogP) is 8.03. The second kappa shape index (κ2) is 33.7. The van der Waals surface area contributed by atoms with Crippen LogP contribution < -0.4 is 10.6 Å². The molecule has 2 atom stereocenters. The number of rotatable bonds is 32. The lowest BCUT2D eigenvalue weighted by Gasteiger charge is -2.18. The number of allylic oxidation sites excluding steroid dienone is 8. The van der Waals surface area contributed by atoms with E-state index >= 15 is 0 Å². The number of aliphatic hydroxyl groups is 1. The van der Waals surface area contributed by atoms with E-state index in [-0.39, 0.29) is 30.9 Å². The van der Waals surface area contributed by atoms with Crippen LogP contribution in [0.2, 0.25) is 0 Å². The molecule has 0 radical (unpaired) electrons. The molecule has 4 N–H and O–H groups in total. The van der Waals surface area contributed by atoms with E-state index in [2.05, 4.69) is 73.1 Å². The van der Waals surface area contributed by atoms with Crippen LogP contribution in [0.5, 0.6) is 0 Å². The lowest BCUT2D eigenvalue weighted by molar-refractivity contribution is -0.150. The van der Waals surface area contributed by atoms with Gasteiger partial charge in [-0.3, -0.25) is 14.4 Å². The summed E-state index contributed by atoms with van der Waals surface area (Å²) in [5, 5.41) is 22.4. The average molecular weight is 675 g/mol. The molecule has 2 unspecified atom stereocenters. The van der Waals surface area contributed by atoms with E-state index in [1.807, 2.05) is 0 Å². The van der Waals surface area contributed by atoms with Crippen molar-refractivity contribution in [3.63, 3.8) is 0 Å². The third kappa shape index (κ3) is 30.2. The molecule has 2 amide bonds. The van der Waals surface area contributed by atoms with Crippen molar-refractivity contribution < 1.29 is 34.1 Å². The van der Waals surface area contributed by atoms with Crippen molar-refractivity contribution in [3.05, 3.63) is 48.6 Å². The highest BCUT2D eigenvalue weighted by Gasteiger charge is 2.19. The zero-order chi connectivity index (χ0) is 35.5. The van der Waals surface area contributed by atoms with Crippen molar-refractivity contribution in [2.45, 2.75) is 161 Å². The van der Waals surface area contributed by atoms with Crippen molar-refractivity contribution in [2.75, 3.05) is 13.2 Å². The van der Waals surface area contributed by atoms with E-state index in [0.29, 0.717) is 12.8 Å². The van der Waals surface area contributed by atoms with Crippen LogP contribution in [0.3, 0.4) is 0 Å². The van der Waals surface area contributed by atoms with Gasteiger partial charge in [-0.25, -0.2) is 4.79 Å². The number of carbonyl (C=O) groups is 4. The SMILES string of the molecule is CC/C=C\C/C=C\C/C=C\C/C=C\CCCCCCC(=O)OC(CCCCCC)CCCCCCC(=O)NCC(=O)NC(CO)C(=O)O. The first-order chi connectivity index (χ1) is 23.3. The van der Waals surface area contributed by atoms with Gasteiger partial charge in [-0.15, -0.1) is 0 Å². The molecule has 48 heavy (non-hydrogen) atoms. The van der Waals surface area contributed by atoms with Crippen LogP contribution in [0.4, 0.5) is 0 Å². The summed E-state index contributed by atoms with van der Waals surface area (Å²) in [6.45, 7) is 3.27. The molecule has 274 valence electrons. The van der Waals surface area contributed by atoms with Gasteiger partial charge in [0.2, 0.25) is 11.8 Å². The number of unbranched alkanes of at least 4 members (excludes halogenated alkanes) is 10. The number of ether oxygens (including phenoxy) is 1. The van der Waals surface area contributed by atoms with Gasteiger partial charge < -0.3 is 25.6 Å². The van der Waals surface area contributed by atoms with Crippen molar-refractivity contribution in [1.29, 1.82) is 0 Å². The first kappa shape index (κ1) is 44.8. The summed E-state index contributed by atoms with van der Waals surface area (Å²) in [6.07, 6.45) is 37.3. The van der Waals surface area contributed by atoms with E-state index in [0.717, 1.165) is 109 Å². The van der Waals surface area contributed by atoms with Crippen LogP contribution >= 0.6 is 0 Å². The third-order valence-electron chi connectivity index (χ3n) is 7.84. The molecule has 0 bridgehead atoms. The standard InChI is InChI=1S/C39H66N2O7/c1-3-5-7-9-10-11-12-13-14-15-16-17-18-19-20-21-27-31-38(45)48-34(28-24-8-6-4-2)29-25-22-23-26-30-36(43)40-32-37(44)41-35(33-42)39(46)47/h5,7,10-11,13-14,16-17,34-35,42H,3-4,6,8-9,12,15,18-33H2,1-2H3,(H,40,43)(H,41,44)(H,46,47)/b7-5-,11-10-,14-13-,17-16-. The second-order valence-electron chi connectivity index (χ2n) is 12.3. The first-order valence-electron chi connectivity index (χ1n) is 18.5. The van der Waals surface area contributed by atoms with Crippen molar-refractivity contribution >= 4 is 23.8 Å². The summed E-state index contributed by atoms with van der Waals surface area (Å²) in [4.78, 5) is 47.2. The van der Waals surface area contributed by atoms with Crippen molar-refractivity contribution in [1.82, 2.24) is 10.6 Å². The highest BCUT2D eigenvalue weighted by molar-refractivity contribution is 5.87. The number of amides is 2. The number of esters is 1.